The van der Waals surface area contributed by atoms with Crippen molar-refractivity contribution in [3.05, 3.63) is 17.3 Å². The van der Waals surface area contributed by atoms with Gasteiger partial charge >= 0.3 is 0 Å². The Morgan fingerprint density at radius 1 is 1.16 bits per heavy atom. The first kappa shape index (κ1) is 17.0. The van der Waals surface area contributed by atoms with Crippen LogP contribution in [0.4, 0.5) is 0 Å². The zero-order valence-corrected chi connectivity index (χ0v) is 15.0. The summed E-state index contributed by atoms with van der Waals surface area (Å²) >= 11 is 0. The minimum Gasteiger partial charge on any atom is -0.435 e. The maximum Gasteiger partial charge on any atom is 0.289 e. The van der Waals surface area contributed by atoms with Crippen LogP contribution in [0.15, 0.2) is 4.42 Å². The molecule has 1 aromatic heterocycles. The third kappa shape index (κ3) is 3.75. The van der Waals surface area contributed by atoms with E-state index in [1.54, 1.807) is 0 Å². The molecule has 1 aromatic rings. The zero-order valence-electron chi connectivity index (χ0n) is 15.0. The van der Waals surface area contributed by atoms with Crippen LogP contribution in [-0.4, -0.2) is 52.2 Å². The van der Waals surface area contributed by atoms with Crippen LogP contribution in [0.5, 0.6) is 0 Å². The average molecular weight is 347 g/mol. The minimum absolute atomic E-state index is 0.131. The van der Waals surface area contributed by atoms with Crippen molar-refractivity contribution in [3.63, 3.8) is 0 Å². The molecule has 6 nitrogen and oxygen atoms in total. The van der Waals surface area contributed by atoms with Crippen LogP contribution in [0, 0.1) is 6.92 Å². The van der Waals surface area contributed by atoms with Gasteiger partial charge in [-0.3, -0.25) is 9.69 Å². The third-order valence-corrected chi connectivity index (χ3v) is 5.97. The summed E-state index contributed by atoms with van der Waals surface area (Å²) in [5.74, 6) is 1.40. The number of carbonyl (C=O) groups is 1. The smallest absolute Gasteiger partial charge is 0.289 e. The molecule has 138 valence electrons. The van der Waals surface area contributed by atoms with E-state index < -0.39 is 0 Å². The van der Waals surface area contributed by atoms with E-state index in [2.05, 4.69) is 15.2 Å². The molecule has 4 rings (SSSR count). The molecule has 2 N–H and O–H groups in total. The first-order valence-electron chi connectivity index (χ1n) is 9.82. The van der Waals surface area contributed by atoms with Gasteiger partial charge in [0.05, 0.1) is 11.8 Å². The molecule has 2 heterocycles. The number of rotatable bonds is 4. The van der Waals surface area contributed by atoms with Gasteiger partial charge in [-0.2, -0.15) is 0 Å². The van der Waals surface area contributed by atoms with Crippen molar-refractivity contribution >= 4 is 5.91 Å². The molecular formula is C19H29N3O3. The second-order valence-corrected chi connectivity index (χ2v) is 7.94. The summed E-state index contributed by atoms with van der Waals surface area (Å²) < 4.78 is 5.71. The number of hydrogen-bond donors (Lipinski definition) is 2. The van der Waals surface area contributed by atoms with Crippen LogP contribution >= 0.6 is 0 Å². The number of nitrogens with zero attached hydrogens (tertiary/aromatic N) is 2. The molecule has 0 unspecified atom stereocenters. The number of aliphatic hydroxyl groups is 1. The maximum absolute atomic E-state index is 12.5. The molecule has 1 aliphatic heterocycles. The number of aromatic nitrogens is 1. The predicted octanol–water partition coefficient (Wildman–Crippen LogP) is 2.36. The largest absolute Gasteiger partial charge is 0.435 e. The van der Waals surface area contributed by atoms with Gasteiger partial charge in [0, 0.05) is 31.1 Å². The lowest BCUT2D eigenvalue weighted by atomic mass is 9.89. The van der Waals surface area contributed by atoms with Crippen molar-refractivity contribution < 1.29 is 14.3 Å². The third-order valence-electron chi connectivity index (χ3n) is 5.97. The molecule has 1 amide bonds. The summed E-state index contributed by atoms with van der Waals surface area (Å²) in [6.45, 7) is 3.72. The Hall–Kier alpha value is -1.40. The topological polar surface area (TPSA) is 78.6 Å². The number of carbonyl (C=O) groups excluding carboxylic acids is 1. The Kier molecular flexibility index (Phi) is 4.82. The molecule has 2 atom stereocenters. The van der Waals surface area contributed by atoms with Gasteiger partial charge in [-0.05, 0) is 45.4 Å². The van der Waals surface area contributed by atoms with Gasteiger partial charge in [-0.1, -0.05) is 12.8 Å². The highest BCUT2D eigenvalue weighted by Crippen LogP contribution is 2.40. The van der Waals surface area contributed by atoms with E-state index in [9.17, 15) is 9.90 Å². The number of oxazole rings is 1. The Balaban J connectivity index is 1.30. The number of aryl methyl sites for hydroxylation is 1. The lowest BCUT2D eigenvalue weighted by Gasteiger charge is -2.41. The molecule has 1 saturated heterocycles. The van der Waals surface area contributed by atoms with E-state index in [0.29, 0.717) is 23.4 Å². The lowest BCUT2D eigenvalue weighted by Crippen LogP contribution is -2.52. The number of aliphatic hydroxyl groups excluding tert-OH is 1. The fraction of sp³-hybridized carbons (Fsp3) is 0.789. The number of nitrogens with one attached hydrogen (secondary N) is 1. The number of amides is 1. The molecule has 0 radical (unpaired) electrons. The van der Waals surface area contributed by atoms with Gasteiger partial charge in [0.1, 0.15) is 0 Å². The Morgan fingerprint density at radius 2 is 1.88 bits per heavy atom. The van der Waals surface area contributed by atoms with Crippen LogP contribution in [-0.2, 0) is 0 Å². The van der Waals surface area contributed by atoms with Crippen molar-refractivity contribution in [2.24, 2.45) is 0 Å². The zero-order chi connectivity index (χ0) is 17.4. The molecule has 3 aliphatic rings. The van der Waals surface area contributed by atoms with Gasteiger partial charge in [0.2, 0.25) is 5.76 Å². The second-order valence-electron chi connectivity index (χ2n) is 7.94. The molecule has 0 spiro atoms. The van der Waals surface area contributed by atoms with Gasteiger partial charge in [0.15, 0.2) is 5.89 Å². The van der Waals surface area contributed by atoms with Gasteiger partial charge < -0.3 is 14.8 Å². The van der Waals surface area contributed by atoms with E-state index in [4.69, 9.17) is 4.42 Å². The Bertz CT molecular complexity index is 617. The highest BCUT2D eigenvalue weighted by Gasteiger charge is 2.33. The number of piperidine rings is 1. The van der Waals surface area contributed by atoms with E-state index in [1.807, 2.05) is 6.92 Å². The number of hydrogen-bond acceptors (Lipinski definition) is 5. The molecule has 0 aromatic carbocycles. The fourth-order valence-corrected chi connectivity index (χ4v) is 4.28. The van der Waals surface area contributed by atoms with Crippen LogP contribution in [0.25, 0.3) is 0 Å². The average Bonchev–Trinajstić information content (AvgIpc) is 3.38. The highest BCUT2D eigenvalue weighted by molar-refractivity contribution is 5.92. The first-order chi connectivity index (χ1) is 12.1. The standard InChI is InChI=1S/C19H29N3O3/c1-12-17(25-19(20-12)13-6-7-13)18(24)21-14-8-10-22(11-9-14)15-4-2-3-5-16(15)23/h13-16,23H,2-11H2,1H3,(H,21,24)/t15-,16-/m0/s1. The normalized spacial score (nSPS) is 28.9. The van der Waals surface area contributed by atoms with Crippen molar-refractivity contribution in [1.82, 2.24) is 15.2 Å². The summed E-state index contributed by atoms with van der Waals surface area (Å²) in [5, 5.41) is 13.4. The van der Waals surface area contributed by atoms with Gasteiger partial charge in [0.25, 0.3) is 5.91 Å². The van der Waals surface area contributed by atoms with E-state index in [-0.39, 0.29) is 18.1 Å². The fourth-order valence-electron chi connectivity index (χ4n) is 4.28. The van der Waals surface area contributed by atoms with Crippen molar-refractivity contribution in [2.45, 2.75) is 82.4 Å². The summed E-state index contributed by atoms with van der Waals surface area (Å²) in [4.78, 5) is 19.3. The molecule has 2 aliphatic carbocycles. The monoisotopic (exact) mass is 347 g/mol. The predicted molar refractivity (Wildman–Crippen MR) is 93.5 cm³/mol. The van der Waals surface area contributed by atoms with Crippen LogP contribution in [0.3, 0.4) is 0 Å². The highest BCUT2D eigenvalue weighted by atomic mass is 16.4. The number of likely N-dealkylation sites (tertiary alicyclic amines) is 1. The van der Waals surface area contributed by atoms with E-state index in [0.717, 1.165) is 63.9 Å². The van der Waals surface area contributed by atoms with Crippen LogP contribution < -0.4 is 5.32 Å². The summed E-state index contributed by atoms with van der Waals surface area (Å²) in [5.41, 5.74) is 0.696. The molecule has 0 bridgehead atoms. The Morgan fingerprint density at radius 3 is 2.56 bits per heavy atom. The lowest BCUT2D eigenvalue weighted by molar-refractivity contribution is 0.00721. The summed E-state index contributed by atoms with van der Waals surface area (Å²) in [6.07, 6.45) is 8.29. The SMILES string of the molecule is Cc1nc(C2CC2)oc1C(=O)NC1CCN([C@H]2CCCC[C@@H]2O)CC1. The molecule has 6 heteroatoms. The molecular weight excluding hydrogens is 318 g/mol. The second kappa shape index (κ2) is 7.08. The first-order valence-corrected chi connectivity index (χ1v) is 9.82. The summed E-state index contributed by atoms with van der Waals surface area (Å²) in [7, 11) is 0. The van der Waals surface area contributed by atoms with Crippen LogP contribution in [0.1, 0.15) is 79.4 Å². The van der Waals surface area contributed by atoms with Crippen molar-refractivity contribution in [1.29, 1.82) is 0 Å². The minimum atomic E-state index is -0.183. The van der Waals surface area contributed by atoms with Crippen LogP contribution in [0.2, 0.25) is 0 Å². The maximum atomic E-state index is 12.5. The van der Waals surface area contributed by atoms with Crippen molar-refractivity contribution in [3.8, 4) is 0 Å². The quantitative estimate of drug-likeness (QED) is 0.874. The van der Waals surface area contributed by atoms with Gasteiger partial charge in [-0.25, -0.2) is 4.98 Å². The van der Waals surface area contributed by atoms with Crippen molar-refractivity contribution in [2.75, 3.05) is 13.1 Å². The Labute approximate surface area is 149 Å². The molecule has 2 saturated carbocycles. The molecule has 25 heavy (non-hydrogen) atoms. The van der Waals surface area contributed by atoms with E-state index in [1.165, 1.54) is 6.42 Å². The molecule has 3 fully saturated rings. The van der Waals surface area contributed by atoms with Gasteiger partial charge in [-0.15, -0.1) is 0 Å². The van der Waals surface area contributed by atoms with E-state index >= 15 is 0 Å². The summed E-state index contributed by atoms with van der Waals surface area (Å²) in [6, 6.07) is 0.487.